The molecule has 0 aromatic carbocycles. The Balaban J connectivity index is 0. The first kappa shape index (κ1) is 5.17. The fourth-order valence-electron chi connectivity index (χ4n) is 0. The summed E-state index contributed by atoms with van der Waals surface area (Å²) in [4.78, 5) is 0. The van der Waals surface area contributed by atoms with Crippen LogP contribution in [0.5, 0.6) is 0 Å². The standard InChI is InChI=1S/B.HPS.V/c;1-2;/h;1H;/i;1D;. The molecule has 0 saturated heterocycles. The molecule has 0 amide bonds. The molecule has 0 unspecified atom stereocenters. The predicted octanol–water partition coefficient (Wildman–Crippen LogP) is 0.208. The van der Waals surface area contributed by atoms with Gasteiger partial charge in [-0.15, -0.1) is 0 Å². The third kappa shape index (κ3) is 10.9. The third-order valence-electron chi connectivity index (χ3n) is 0. The van der Waals surface area contributed by atoms with Crippen LogP contribution in [0.2, 0.25) is 0 Å². The van der Waals surface area contributed by atoms with Crippen LogP contribution in [0.4, 0.5) is 0 Å². The average Bonchev–Trinajstić information content (AvgIpc) is 1.37. The van der Waals surface area contributed by atoms with E-state index in [9.17, 15) is 0 Å². The van der Waals surface area contributed by atoms with Crippen LogP contribution in [0.3, 0.4) is 0 Å². The molecule has 0 aromatic rings. The third-order valence-corrected chi connectivity index (χ3v) is 0. The monoisotopic (exact) mass is 127 g/mol. The van der Waals surface area contributed by atoms with E-state index in [0.717, 1.165) is 0 Å². The molecule has 3 radical (unpaired) electrons. The Bertz CT molecular complexity index is 49.6. The molecule has 0 atom stereocenters. The summed E-state index contributed by atoms with van der Waals surface area (Å²) < 4.78 is 6.37. The molecule has 0 saturated carbocycles. The normalized spacial score (nSPS) is 7.25. The van der Waals surface area contributed by atoms with Gasteiger partial charge in [0.15, 0.2) is 0 Å². The molecule has 20 valence electrons. The maximum atomic E-state index is 6.37. The first-order chi connectivity index (χ1) is 1.91. The smallest absolute Gasteiger partial charge is 0 e. The molecule has 0 spiro atoms. The molecular formula is HBPSV. The number of hydrogen-bond acceptors (Lipinski definition) is 0. The largest absolute Gasteiger partial charge is 0 e. The number of hydrogen-bond donors (Lipinski definition) is 0. The summed E-state index contributed by atoms with van der Waals surface area (Å²) in [6, 6.07) is 0. The number of rotatable bonds is 0. The fraction of sp³-hybridized carbons (Fsp3) is 0. The quantitative estimate of drug-likeness (QED) is 0.322. The zero-order valence-electron chi connectivity index (χ0n) is 2.88. The Hall–Kier alpha value is 1.17. The summed E-state index contributed by atoms with van der Waals surface area (Å²) in [5.41, 5.74) is 0. The van der Waals surface area contributed by atoms with Crippen molar-refractivity contribution in [3.05, 3.63) is 0 Å². The van der Waals surface area contributed by atoms with Gasteiger partial charge in [0.25, 0.3) is 0 Å². The van der Waals surface area contributed by atoms with Crippen molar-refractivity contribution in [1.29, 1.82) is 1.28 Å². The Morgan fingerprint density at radius 1 is 2.25 bits per heavy atom. The fourth-order valence-corrected chi connectivity index (χ4v) is 0. The van der Waals surface area contributed by atoms with Crippen molar-refractivity contribution < 1.29 is 15.7 Å². The van der Waals surface area contributed by atoms with Crippen molar-refractivity contribution in [2.45, 2.75) is 0 Å². The zero-order valence-corrected chi connectivity index (χ0v) is 4.99. The minimum absolute atomic E-state index is 0. The summed E-state index contributed by atoms with van der Waals surface area (Å²) in [5.74, 6) is 0. The van der Waals surface area contributed by atoms with Gasteiger partial charge in [0.1, 0.15) is 0 Å². The van der Waals surface area contributed by atoms with Gasteiger partial charge in [0, 0.05) is 8.41 Å². The van der Waals surface area contributed by atoms with E-state index in [4.69, 9.17) is 1.28 Å². The van der Waals surface area contributed by atoms with Gasteiger partial charge in [-0.05, 0) is 0 Å². The van der Waals surface area contributed by atoms with Crippen LogP contribution in [0.1, 0.15) is 0 Å². The van der Waals surface area contributed by atoms with Crippen LogP contribution in [-0.2, 0) is 24.3 Å². The van der Waals surface area contributed by atoms with Crippen molar-refractivity contribution >= 4 is 25.0 Å². The Labute approximate surface area is 42.3 Å². The second-order valence-electron chi connectivity index (χ2n) is 0.0816. The van der Waals surface area contributed by atoms with Crippen molar-refractivity contribution in [3.63, 3.8) is 0 Å². The van der Waals surface area contributed by atoms with Gasteiger partial charge in [-0.1, -0.05) is 0 Å². The van der Waals surface area contributed by atoms with E-state index in [1.54, 1.807) is 0 Å². The van der Waals surface area contributed by atoms with E-state index >= 15 is 0 Å². The van der Waals surface area contributed by atoms with Gasteiger partial charge >= 0.3 is 33.6 Å². The topological polar surface area (TPSA) is 0 Å². The molecule has 0 aliphatic rings. The Kier molecular flexibility index (Phi) is 11.5. The van der Waals surface area contributed by atoms with Gasteiger partial charge in [0.05, 0.1) is 0 Å². The van der Waals surface area contributed by atoms with Gasteiger partial charge < -0.3 is 0 Å². The second-order valence-corrected chi connectivity index (χ2v) is 3.03. The summed E-state index contributed by atoms with van der Waals surface area (Å²) in [6.07, 6.45) is 0. The molecule has 0 rings (SSSR count). The minimum atomic E-state index is 0. The molecule has 0 bridgehead atoms. The SMILES string of the molecule is [2H]P=[S]=[V].[B]. The summed E-state index contributed by atoms with van der Waals surface area (Å²) in [7, 11) is 2.07. The zero-order chi connectivity index (χ0) is 3.41. The Morgan fingerprint density at radius 3 is 2.50 bits per heavy atom. The molecule has 0 nitrogen and oxygen atoms in total. The molecule has 0 aliphatic heterocycles. The maximum Gasteiger partial charge on any atom is 0 e. The van der Waals surface area contributed by atoms with Gasteiger partial charge in [0.2, 0.25) is 0 Å². The Morgan fingerprint density at radius 2 is 2.50 bits per heavy atom. The van der Waals surface area contributed by atoms with Gasteiger partial charge in [-0.3, -0.25) is 0 Å². The predicted molar refractivity (Wildman–Crippen MR) is 21.4 cm³/mol. The van der Waals surface area contributed by atoms with Crippen LogP contribution in [0.15, 0.2) is 0 Å². The van der Waals surface area contributed by atoms with Crippen LogP contribution in [0.25, 0.3) is 0 Å². The molecule has 0 aliphatic carbocycles. The molecule has 0 aromatic heterocycles. The summed E-state index contributed by atoms with van der Waals surface area (Å²) in [6.45, 7) is 0. The second kappa shape index (κ2) is 8.90. The van der Waals surface area contributed by atoms with Gasteiger partial charge in [-0.2, -0.15) is 0 Å². The van der Waals surface area contributed by atoms with Crippen molar-refractivity contribution in [2.24, 2.45) is 0 Å². The first-order valence-electron chi connectivity index (χ1n) is 0.812. The first-order valence-corrected chi connectivity index (χ1v) is 3.90. The summed E-state index contributed by atoms with van der Waals surface area (Å²) >= 11 is 2.25. The van der Waals surface area contributed by atoms with E-state index < -0.39 is 0 Å². The van der Waals surface area contributed by atoms with Crippen LogP contribution >= 0.6 is 7.96 Å². The molecule has 4 heavy (non-hydrogen) atoms. The van der Waals surface area contributed by atoms with E-state index in [1.165, 1.54) is 8.59 Å². The molecule has 0 heterocycles. The molecule has 4 heteroatoms. The van der Waals surface area contributed by atoms with Crippen LogP contribution < -0.4 is 0 Å². The summed E-state index contributed by atoms with van der Waals surface area (Å²) in [5, 5.41) is 0. The van der Waals surface area contributed by atoms with Crippen molar-refractivity contribution in [2.75, 3.05) is 0 Å². The molecular weight excluding hydrogens is 125 g/mol. The van der Waals surface area contributed by atoms with E-state index in [0.29, 0.717) is 7.96 Å². The van der Waals surface area contributed by atoms with Crippen LogP contribution in [-0.4, -0.2) is 9.69 Å². The molecule has 0 N–H and O–H groups in total. The van der Waals surface area contributed by atoms with E-state index in [-0.39, 0.29) is 8.41 Å². The van der Waals surface area contributed by atoms with Gasteiger partial charge in [-0.25, -0.2) is 0 Å². The van der Waals surface area contributed by atoms with Crippen molar-refractivity contribution in [3.8, 4) is 0 Å². The van der Waals surface area contributed by atoms with Crippen LogP contribution in [0, 0.1) is 0 Å². The van der Waals surface area contributed by atoms with E-state index in [2.05, 4.69) is 15.7 Å². The maximum absolute atomic E-state index is 6.37. The average molecular weight is 127 g/mol. The minimum Gasteiger partial charge on any atom is 0 e. The molecule has 0 fully saturated rings. The van der Waals surface area contributed by atoms with Crippen molar-refractivity contribution in [1.82, 2.24) is 0 Å². The van der Waals surface area contributed by atoms with E-state index in [1.807, 2.05) is 0 Å².